The highest BCUT2D eigenvalue weighted by Crippen LogP contribution is 2.43. The minimum absolute atomic E-state index is 0.301. The highest BCUT2D eigenvalue weighted by Gasteiger charge is 2.25. The summed E-state index contributed by atoms with van der Waals surface area (Å²) in [5, 5.41) is 0.927. The van der Waals surface area contributed by atoms with Gasteiger partial charge in [0.1, 0.15) is 23.0 Å². The number of halogens is 1. The first-order chi connectivity index (χ1) is 14.4. The van der Waals surface area contributed by atoms with E-state index in [2.05, 4.69) is 21.9 Å². The molecule has 1 atom stereocenters. The largest absolute Gasteiger partial charge is 0.455 e. The molecule has 0 spiro atoms. The van der Waals surface area contributed by atoms with Gasteiger partial charge in [-0.15, -0.1) is 0 Å². The molecular weight excluding hydrogens is 401 g/mol. The van der Waals surface area contributed by atoms with Crippen LogP contribution in [-0.4, -0.2) is 32.8 Å². The second-order valence-corrected chi connectivity index (χ2v) is 10.1. The summed E-state index contributed by atoms with van der Waals surface area (Å²) < 4.78 is 34.5. The van der Waals surface area contributed by atoms with Crippen molar-refractivity contribution in [1.82, 2.24) is 9.97 Å². The van der Waals surface area contributed by atoms with Crippen LogP contribution in [-0.2, 0) is 16.1 Å². The lowest BCUT2D eigenvalue weighted by Crippen LogP contribution is -2.30. The Balaban J connectivity index is 1.80. The Kier molecular flexibility index (Phi) is 4.43. The molecule has 2 aromatic heterocycles. The van der Waals surface area contributed by atoms with Crippen LogP contribution in [0.5, 0.6) is 0 Å². The first-order valence-electron chi connectivity index (χ1n) is 9.87. The highest BCUT2D eigenvalue weighted by molar-refractivity contribution is 8.00. The number of nitrogens with zero attached hydrogens (tertiary/aromatic N) is 2. The normalized spacial score (nSPS) is 16.3. The molecule has 4 aromatic rings. The van der Waals surface area contributed by atoms with Crippen molar-refractivity contribution in [3.63, 3.8) is 0 Å². The fourth-order valence-electron chi connectivity index (χ4n) is 4.14. The minimum Gasteiger partial charge on any atom is -0.455 e. The van der Waals surface area contributed by atoms with Crippen molar-refractivity contribution in [2.45, 2.75) is 19.3 Å². The molecule has 1 unspecified atom stereocenters. The number of H-pyrrole nitrogens is 1. The van der Waals surface area contributed by atoms with Crippen LogP contribution in [0.3, 0.4) is 0 Å². The first-order valence-corrected chi connectivity index (χ1v) is 12.0. The zero-order valence-corrected chi connectivity index (χ0v) is 17.5. The monoisotopic (exact) mass is 423 g/mol. The third-order valence-electron chi connectivity index (χ3n) is 5.52. The number of hydrogen-bond donors (Lipinski definition) is 1. The summed E-state index contributed by atoms with van der Waals surface area (Å²) >= 11 is 0. The molecular formula is C23H22FN3O2S. The average Bonchev–Trinajstić information content (AvgIpc) is 3.29. The predicted octanol–water partition coefficient (Wildman–Crippen LogP) is 5.03. The molecule has 3 heterocycles. The van der Waals surface area contributed by atoms with Gasteiger partial charge < -0.3 is 9.40 Å². The number of aromatic amines is 1. The number of anilines is 1. The number of hydrogen-bond acceptors (Lipinski definition) is 3. The van der Waals surface area contributed by atoms with Gasteiger partial charge in [0.05, 0.1) is 11.3 Å². The van der Waals surface area contributed by atoms with Gasteiger partial charge in [0, 0.05) is 51.9 Å². The van der Waals surface area contributed by atoms with Crippen molar-refractivity contribution in [3.8, 4) is 22.7 Å². The average molecular weight is 424 g/mol. The smallest absolute Gasteiger partial charge is 0.146 e. The first kappa shape index (κ1) is 18.9. The number of imidazole rings is 1. The molecule has 0 amide bonds. The zero-order chi connectivity index (χ0) is 20.9. The van der Waals surface area contributed by atoms with Gasteiger partial charge >= 0.3 is 0 Å². The summed E-state index contributed by atoms with van der Waals surface area (Å²) in [6.07, 6.45) is 8.01. The van der Waals surface area contributed by atoms with Crippen LogP contribution in [0, 0.1) is 5.82 Å². The van der Waals surface area contributed by atoms with E-state index in [1.165, 1.54) is 12.1 Å². The molecule has 1 aliphatic heterocycles. The molecule has 1 N–H and O–H groups in total. The lowest BCUT2D eigenvalue weighted by Gasteiger charge is -2.26. The van der Waals surface area contributed by atoms with Gasteiger partial charge in [-0.05, 0) is 61.0 Å². The molecule has 0 saturated heterocycles. The molecule has 7 heteroatoms. The predicted molar refractivity (Wildman–Crippen MR) is 121 cm³/mol. The van der Waals surface area contributed by atoms with E-state index in [9.17, 15) is 8.60 Å². The van der Waals surface area contributed by atoms with Crippen molar-refractivity contribution >= 4 is 32.2 Å². The van der Waals surface area contributed by atoms with Gasteiger partial charge in [0.15, 0.2) is 0 Å². The second kappa shape index (κ2) is 7.02. The Morgan fingerprint density at radius 3 is 2.73 bits per heavy atom. The van der Waals surface area contributed by atoms with E-state index in [1.54, 1.807) is 30.8 Å². The van der Waals surface area contributed by atoms with E-state index >= 15 is 0 Å². The van der Waals surface area contributed by atoms with Crippen molar-refractivity contribution in [1.29, 1.82) is 0 Å². The molecule has 2 aromatic carbocycles. The Labute approximate surface area is 174 Å². The van der Waals surface area contributed by atoms with Crippen molar-refractivity contribution in [2.75, 3.05) is 17.1 Å². The topological polar surface area (TPSA) is 62.1 Å². The summed E-state index contributed by atoms with van der Waals surface area (Å²) in [5.74, 6) is 4.92. The van der Waals surface area contributed by atoms with Crippen LogP contribution in [0.2, 0.25) is 0 Å². The summed E-state index contributed by atoms with van der Waals surface area (Å²) in [5.41, 5.74) is 4.31. The SMILES string of the molecule is C=S(C)(=O)N1CCCCc2cc3c(-c4ncc[nH]4)c(-c4ccc(F)cc4)oc3cc21. The highest BCUT2D eigenvalue weighted by atomic mass is 32.2. The molecule has 0 aliphatic carbocycles. The van der Waals surface area contributed by atoms with Crippen molar-refractivity contribution in [3.05, 3.63) is 60.2 Å². The summed E-state index contributed by atoms with van der Waals surface area (Å²) in [6.45, 7) is 0.702. The van der Waals surface area contributed by atoms with Crippen LogP contribution < -0.4 is 4.31 Å². The maximum Gasteiger partial charge on any atom is 0.146 e. The Bertz CT molecular complexity index is 1320. The fraction of sp³-hybridized carbons (Fsp3) is 0.217. The van der Waals surface area contributed by atoms with Crippen LogP contribution >= 0.6 is 0 Å². The number of nitrogens with one attached hydrogen (secondary N) is 1. The van der Waals surface area contributed by atoms with Gasteiger partial charge in [-0.1, -0.05) is 0 Å². The molecule has 5 nitrogen and oxygen atoms in total. The lowest BCUT2D eigenvalue weighted by molar-refractivity contribution is 0.623. The quantitative estimate of drug-likeness (QED) is 0.470. The lowest BCUT2D eigenvalue weighted by atomic mass is 10.0. The van der Waals surface area contributed by atoms with Gasteiger partial charge in [-0.3, -0.25) is 4.31 Å². The van der Waals surface area contributed by atoms with Crippen LogP contribution in [0.4, 0.5) is 10.1 Å². The van der Waals surface area contributed by atoms with Crippen LogP contribution in [0.1, 0.15) is 18.4 Å². The summed E-state index contributed by atoms with van der Waals surface area (Å²) in [6, 6.07) is 10.3. The third kappa shape index (κ3) is 3.19. The molecule has 0 radical (unpaired) electrons. The summed E-state index contributed by atoms with van der Waals surface area (Å²) in [4.78, 5) is 7.61. The summed E-state index contributed by atoms with van der Waals surface area (Å²) in [7, 11) is -2.40. The Morgan fingerprint density at radius 1 is 1.23 bits per heavy atom. The van der Waals surface area contributed by atoms with E-state index in [-0.39, 0.29) is 5.82 Å². The number of fused-ring (bicyclic) bond motifs is 2. The molecule has 0 saturated carbocycles. The third-order valence-corrected chi connectivity index (χ3v) is 6.83. The van der Waals surface area contributed by atoms with E-state index < -0.39 is 9.71 Å². The minimum atomic E-state index is -2.40. The standard InChI is InChI=1S/C23H22FN3O2S/c1-30(2,28)27-12-4-3-5-16-13-18-20(14-19(16)27)29-22(15-6-8-17(24)9-7-15)21(18)23-25-10-11-26-23/h6-11,13-14H,1,3-5,12H2,2H3,(H,25,26). The van der Waals surface area contributed by atoms with Crippen molar-refractivity contribution in [2.24, 2.45) is 0 Å². The van der Waals surface area contributed by atoms with Gasteiger partial charge in [0.2, 0.25) is 0 Å². The molecule has 0 fully saturated rings. The maximum atomic E-state index is 13.5. The van der Waals surface area contributed by atoms with Crippen molar-refractivity contribution < 1.29 is 13.0 Å². The van der Waals surface area contributed by atoms with Gasteiger partial charge in [0.25, 0.3) is 0 Å². The van der Waals surface area contributed by atoms with E-state index in [1.807, 2.05) is 10.4 Å². The number of furan rings is 1. The fourth-order valence-corrected chi connectivity index (χ4v) is 5.24. The molecule has 30 heavy (non-hydrogen) atoms. The van der Waals surface area contributed by atoms with E-state index in [0.29, 0.717) is 23.7 Å². The van der Waals surface area contributed by atoms with E-state index in [0.717, 1.165) is 47.0 Å². The second-order valence-electron chi connectivity index (χ2n) is 7.75. The zero-order valence-electron chi connectivity index (χ0n) is 16.7. The number of aromatic nitrogens is 2. The maximum absolute atomic E-state index is 13.5. The van der Waals surface area contributed by atoms with Crippen LogP contribution in [0.25, 0.3) is 33.7 Å². The molecule has 1 aliphatic rings. The Hall–Kier alpha value is -3.06. The number of rotatable bonds is 3. The van der Waals surface area contributed by atoms with Crippen LogP contribution in [0.15, 0.2) is 53.2 Å². The number of benzene rings is 2. The number of aryl methyl sites for hydroxylation is 1. The molecule has 154 valence electrons. The van der Waals surface area contributed by atoms with E-state index in [4.69, 9.17) is 4.42 Å². The van der Waals surface area contributed by atoms with Gasteiger partial charge in [-0.2, -0.15) is 0 Å². The van der Waals surface area contributed by atoms with Gasteiger partial charge in [-0.25, -0.2) is 13.6 Å². The molecule has 0 bridgehead atoms. The molecule has 5 rings (SSSR count). The Morgan fingerprint density at radius 2 is 2.03 bits per heavy atom.